The molecular formula is C36H52N6O3S. The molecule has 0 spiro atoms. The number of nitrogens with zero attached hydrogens (tertiary/aromatic N) is 6. The summed E-state index contributed by atoms with van der Waals surface area (Å²) in [5.74, 6) is 4.37. The molecule has 1 fully saturated rings. The smallest absolute Gasteiger partial charge is 0.219 e. The lowest BCUT2D eigenvalue weighted by Crippen LogP contribution is -2.31. The van der Waals surface area contributed by atoms with Crippen molar-refractivity contribution in [2.24, 2.45) is 7.05 Å². The largest absolute Gasteiger partial charge is 0.473 e. The average Bonchev–Trinajstić information content (AvgIpc) is 3.69. The Morgan fingerprint density at radius 1 is 1.09 bits per heavy atom. The van der Waals surface area contributed by atoms with E-state index in [2.05, 4.69) is 105 Å². The predicted molar refractivity (Wildman–Crippen MR) is 188 cm³/mol. The minimum Gasteiger partial charge on any atom is -0.473 e. The predicted octanol–water partition coefficient (Wildman–Crippen LogP) is 7.67. The SMILES string of the molecule is Cc1conc1CN(C)C[C@H](C)Oc1c(-c2ccc3c(c2)c(C#CS(C(C)C)(C(C)C)C(C)C)nn3C2CCCCO2)cnn1C. The molecule has 0 bridgehead atoms. The van der Waals surface area contributed by atoms with Crippen LogP contribution in [0.4, 0.5) is 0 Å². The van der Waals surface area contributed by atoms with Crippen molar-refractivity contribution < 1.29 is 14.0 Å². The fraction of sp³-hybridized carbons (Fsp3) is 0.583. The zero-order chi connectivity index (χ0) is 33.2. The van der Waals surface area contributed by atoms with E-state index in [1.54, 1.807) is 6.26 Å². The summed E-state index contributed by atoms with van der Waals surface area (Å²) in [7, 11) is 2.77. The molecule has 3 aromatic heterocycles. The number of likely N-dealkylation sites (N-methyl/N-ethyl adjacent to an activating group) is 1. The minimum absolute atomic E-state index is 0.0776. The number of fused-ring (bicyclic) bond motifs is 1. The van der Waals surface area contributed by atoms with Crippen LogP contribution >= 0.6 is 10.0 Å². The Balaban J connectivity index is 1.51. The molecule has 4 heterocycles. The van der Waals surface area contributed by atoms with E-state index in [4.69, 9.17) is 19.1 Å². The molecule has 1 saturated heterocycles. The molecule has 0 N–H and O–H groups in total. The van der Waals surface area contributed by atoms with Gasteiger partial charge in [0.2, 0.25) is 5.88 Å². The third-order valence-corrected chi connectivity index (χ3v) is 14.3. The Bertz CT molecular complexity index is 1660. The Labute approximate surface area is 276 Å². The molecule has 10 heteroatoms. The summed E-state index contributed by atoms with van der Waals surface area (Å²) < 4.78 is 21.8. The number of aromatic nitrogens is 5. The van der Waals surface area contributed by atoms with Crippen LogP contribution in [-0.4, -0.2) is 71.7 Å². The zero-order valence-corrected chi connectivity index (χ0v) is 30.1. The zero-order valence-electron chi connectivity index (χ0n) is 29.3. The highest BCUT2D eigenvalue weighted by Gasteiger charge is 2.33. The lowest BCUT2D eigenvalue weighted by atomic mass is 10.1. The number of hydrogen-bond donors (Lipinski definition) is 0. The second kappa shape index (κ2) is 14.2. The molecule has 0 amide bonds. The second-order valence-corrected chi connectivity index (χ2v) is 18.1. The van der Waals surface area contributed by atoms with Crippen LogP contribution < -0.4 is 4.74 Å². The van der Waals surface area contributed by atoms with Crippen LogP contribution in [0.5, 0.6) is 5.88 Å². The average molecular weight is 649 g/mol. The van der Waals surface area contributed by atoms with Gasteiger partial charge in [-0.2, -0.15) is 20.2 Å². The summed E-state index contributed by atoms with van der Waals surface area (Å²) in [6.45, 7) is 20.2. The number of aryl methyl sites for hydroxylation is 2. The molecule has 0 saturated carbocycles. The number of hydrogen-bond acceptors (Lipinski definition) is 7. The lowest BCUT2D eigenvalue weighted by Gasteiger charge is -2.46. The molecule has 0 radical (unpaired) electrons. The molecule has 9 nitrogen and oxygen atoms in total. The van der Waals surface area contributed by atoms with Crippen LogP contribution in [0.1, 0.15) is 90.9 Å². The molecule has 5 rings (SSSR count). The quantitative estimate of drug-likeness (QED) is 0.154. The third kappa shape index (κ3) is 6.87. The van der Waals surface area contributed by atoms with Gasteiger partial charge in [-0.15, -0.1) is 0 Å². The van der Waals surface area contributed by atoms with Gasteiger partial charge in [0.1, 0.15) is 23.8 Å². The van der Waals surface area contributed by atoms with E-state index in [1.165, 1.54) is 0 Å². The molecule has 1 aliphatic heterocycles. The highest BCUT2D eigenvalue weighted by Crippen LogP contribution is 2.59. The molecule has 0 aliphatic carbocycles. The monoisotopic (exact) mass is 648 g/mol. The van der Waals surface area contributed by atoms with Crippen molar-refractivity contribution >= 4 is 20.9 Å². The van der Waals surface area contributed by atoms with Gasteiger partial charge in [-0.1, -0.05) is 52.8 Å². The van der Waals surface area contributed by atoms with Gasteiger partial charge in [0, 0.05) is 37.7 Å². The highest BCUT2D eigenvalue weighted by atomic mass is 32.3. The summed E-state index contributed by atoms with van der Waals surface area (Å²) in [6, 6.07) is 6.50. The van der Waals surface area contributed by atoms with E-state index in [9.17, 15) is 0 Å². The first-order valence-electron chi connectivity index (χ1n) is 16.7. The molecule has 1 aromatic carbocycles. The summed E-state index contributed by atoms with van der Waals surface area (Å²) in [5, 5.41) is 20.2. The summed E-state index contributed by atoms with van der Waals surface area (Å²) in [5.41, 5.74) is 5.82. The van der Waals surface area contributed by atoms with Crippen LogP contribution in [0.2, 0.25) is 0 Å². The standard InChI is InChI=1S/C36H52N6O3S/c1-24(2)46(25(3)4,26(5)6)18-16-32-30-19-29(14-15-34(30)42(38-32)35-13-11-12-17-43-35)31-20-37-41(10)36(31)45-28(8)21-40(9)22-33-27(7)23-44-39-33/h14-15,19-20,23-26,28,35H,11-13,17,21-22H2,1-10H3/t28-,35?/m0/s1. The van der Waals surface area contributed by atoms with Gasteiger partial charge < -0.3 is 14.0 Å². The van der Waals surface area contributed by atoms with E-state index < -0.39 is 10.0 Å². The Morgan fingerprint density at radius 2 is 1.83 bits per heavy atom. The van der Waals surface area contributed by atoms with Gasteiger partial charge >= 0.3 is 0 Å². The molecule has 2 atom stereocenters. The maximum Gasteiger partial charge on any atom is 0.219 e. The van der Waals surface area contributed by atoms with Gasteiger partial charge in [0.05, 0.1) is 17.3 Å². The van der Waals surface area contributed by atoms with E-state index in [1.807, 2.05) is 24.9 Å². The first-order chi connectivity index (χ1) is 21.9. The van der Waals surface area contributed by atoms with Crippen molar-refractivity contribution in [3.8, 4) is 28.2 Å². The Hall–Kier alpha value is -3.26. The summed E-state index contributed by atoms with van der Waals surface area (Å²) in [6.07, 6.45) is 6.58. The highest BCUT2D eigenvalue weighted by molar-refractivity contribution is 8.38. The van der Waals surface area contributed by atoms with Crippen LogP contribution in [0, 0.1) is 18.1 Å². The summed E-state index contributed by atoms with van der Waals surface area (Å²) >= 11 is 0. The maximum atomic E-state index is 6.55. The van der Waals surface area contributed by atoms with Crippen LogP contribution in [0.3, 0.4) is 0 Å². The van der Waals surface area contributed by atoms with Crippen molar-refractivity contribution in [1.29, 1.82) is 0 Å². The first-order valence-corrected chi connectivity index (χ1v) is 18.5. The normalized spacial score (nSPS) is 16.9. The Morgan fingerprint density at radius 3 is 2.46 bits per heavy atom. The molecule has 4 aromatic rings. The van der Waals surface area contributed by atoms with Crippen LogP contribution in [0.25, 0.3) is 22.0 Å². The number of ether oxygens (including phenoxy) is 2. The Kier molecular flexibility index (Phi) is 10.6. The van der Waals surface area contributed by atoms with E-state index >= 15 is 0 Å². The lowest BCUT2D eigenvalue weighted by molar-refractivity contribution is -0.0367. The molecular weight excluding hydrogens is 597 g/mol. The van der Waals surface area contributed by atoms with Gasteiger partial charge in [-0.3, -0.25) is 4.90 Å². The second-order valence-electron chi connectivity index (χ2n) is 13.5. The molecule has 1 aliphatic rings. The van der Waals surface area contributed by atoms with Crippen LogP contribution in [-0.2, 0) is 18.3 Å². The van der Waals surface area contributed by atoms with Crippen molar-refractivity contribution in [3.05, 3.63) is 47.6 Å². The molecule has 1 unspecified atom stereocenters. The van der Waals surface area contributed by atoms with E-state index in [0.29, 0.717) is 22.3 Å². The van der Waals surface area contributed by atoms with Crippen molar-refractivity contribution in [3.63, 3.8) is 0 Å². The fourth-order valence-electron chi connectivity index (χ4n) is 6.87. The van der Waals surface area contributed by atoms with Crippen molar-refractivity contribution in [1.82, 2.24) is 29.6 Å². The fourth-order valence-corrected chi connectivity index (χ4v) is 11.1. The summed E-state index contributed by atoms with van der Waals surface area (Å²) in [4.78, 5) is 2.19. The molecule has 250 valence electrons. The topological polar surface area (TPSA) is 83.4 Å². The third-order valence-electron chi connectivity index (χ3n) is 9.17. The maximum absolute atomic E-state index is 6.55. The van der Waals surface area contributed by atoms with Gasteiger partial charge in [-0.25, -0.2) is 9.36 Å². The van der Waals surface area contributed by atoms with Crippen molar-refractivity contribution in [2.45, 2.75) is 109 Å². The first kappa shape index (κ1) is 34.1. The number of rotatable bonds is 11. The van der Waals surface area contributed by atoms with Gasteiger partial charge in [-0.05, 0) is 84.8 Å². The minimum atomic E-state index is -1.23. The van der Waals surface area contributed by atoms with Crippen LogP contribution in [0.15, 0.2) is 35.2 Å². The number of benzene rings is 1. The van der Waals surface area contributed by atoms with Crippen molar-refractivity contribution in [2.75, 3.05) is 20.2 Å². The van der Waals surface area contributed by atoms with Gasteiger partial charge in [0.25, 0.3) is 0 Å². The van der Waals surface area contributed by atoms with E-state index in [0.717, 1.165) is 77.3 Å². The van der Waals surface area contributed by atoms with Gasteiger partial charge in [0.15, 0.2) is 6.23 Å². The van der Waals surface area contributed by atoms with E-state index in [-0.39, 0.29) is 12.3 Å². The molecule has 46 heavy (non-hydrogen) atoms.